The molecule has 0 heteroatoms. The van der Waals surface area contributed by atoms with Crippen LogP contribution >= 0.6 is 0 Å². The van der Waals surface area contributed by atoms with Crippen LogP contribution < -0.4 is 0 Å². The van der Waals surface area contributed by atoms with E-state index in [0.29, 0.717) is 0 Å². The number of hydrogen-bond acceptors (Lipinski definition) is 0. The molecule has 0 aliphatic heterocycles. The molecule has 1 aliphatic rings. The molecule has 0 bridgehead atoms. The first-order valence-corrected chi connectivity index (χ1v) is 31.0. The van der Waals surface area contributed by atoms with E-state index in [4.69, 9.17) is 0 Å². The average molecular weight is 1100 g/mol. The Hall–Kier alpha value is -9.62. The summed E-state index contributed by atoms with van der Waals surface area (Å²) >= 11 is 0. The van der Waals surface area contributed by atoms with Crippen LogP contribution in [-0.4, -0.2) is 0 Å². The predicted molar refractivity (Wildman–Crippen MR) is 372 cm³/mol. The molecule has 0 saturated carbocycles. The third-order valence-electron chi connectivity index (χ3n) is 20.2. The summed E-state index contributed by atoms with van der Waals surface area (Å²) in [5, 5.41) is 34.6. The summed E-state index contributed by atoms with van der Waals surface area (Å²) in [6.07, 6.45) is 0. The second kappa shape index (κ2) is 17.1. The molecule has 0 heterocycles. The van der Waals surface area contributed by atoms with E-state index in [1.807, 2.05) is 0 Å². The van der Waals surface area contributed by atoms with Gasteiger partial charge in [-0.15, -0.1) is 0 Å². The normalized spacial score (nSPS) is 13.0. The molecule has 0 spiro atoms. The van der Waals surface area contributed by atoms with Crippen LogP contribution in [0.25, 0.3) is 163 Å². The third kappa shape index (κ3) is 6.49. The van der Waals surface area contributed by atoms with Crippen LogP contribution in [0.1, 0.15) is 74.9 Å². The Labute approximate surface area is 500 Å². The fraction of sp³-hybridized carbons (Fsp3) is 0.140. The van der Waals surface area contributed by atoms with Crippen molar-refractivity contribution in [1.29, 1.82) is 0 Å². The summed E-state index contributed by atoms with van der Waals surface area (Å²) in [7, 11) is 0. The van der Waals surface area contributed by atoms with E-state index in [0.717, 1.165) is 0 Å². The minimum absolute atomic E-state index is 0.0862. The van der Waals surface area contributed by atoms with Gasteiger partial charge in [0.1, 0.15) is 0 Å². The first kappa shape index (κ1) is 49.8. The standard InChI is InChI=1S/C86H64/c1-45-38-46(2)41-49(40-45)71-68-44-67-52-21-12-11-20-51(52)53-26-19-27-62(73(53)67)80(68)72(50-42-47(3)39-48(4)43-50)82-64-35-31-57-59-33-37-66-79-65(36-32-58(75(59)79)56-30-34-63(81(71)82)78(64)74(56)57)83-76(60-24-15-17-28-69(60)85(5,6)7)54-22-13-14-23-55(54)77(84(66)83)61-25-16-18-29-70(61)86(8,9)10/h11-44H,1-10H3. The summed E-state index contributed by atoms with van der Waals surface area (Å²) < 4.78 is 0. The maximum absolute atomic E-state index is 2.59. The number of aryl methyl sites for hydroxylation is 4. The van der Waals surface area contributed by atoms with Gasteiger partial charge in [-0.1, -0.05) is 264 Å². The minimum atomic E-state index is -0.0862. The summed E-state index contributed by atoms with van der Waals surface area (Å²) in [5.74, 6) is 0. The smallest absolute Gasteiger partial charge is 0.000718 e. The van der Waals surface area contributed by atoms with Gasteiger partial charge in [-0.2, -0.15) is 0 Å². The first-order chi connectivity index (χ1) is 41.6. The summed E-state index contributed by atoms with van der Waals surface area (Å²) in [6.45, 7) is 23.3. The molecular formula is C86H64. The monoisotopic (exact) mass is 1100 g/mol. The fourth-order valence-electron chi connectivity index (χ4n) is 17.2. The van der Waals surface area contributed by atoms with E-state index < -0.39 is 0 Å². The van der Waals surface area contributed by atoms with Gasteiger partial charge in [0.05, 0.1) is 0 Å². The van der Waals surface area contributed by atoms with Crippen LogP contribution in [0.15, 0.2) is 206 Å². The second-order valence-corrected chi connectivity index (χ2v) is 27.7. The molecular weight excluding hydrogens is 1030 g/mol. The summed E-state index contributed by atoms with van der Waals surface area (Å²) in [5.41, 5.74) is 18.2. The molecule has 86 heavy (non-hydrogen) atoms. The molecule has 0 amide bonds. The van der Waals surface area contributed by atoms with Crippen molar-refractivity contribution in [2.45, 2.75) is 80.1 Å². The van der Waals surface area contributed by atoms with Crippen molar-refractivity contribution in [2.24, 2.45) is 0 Å². The first-order valence-electron chi connectivity index (χ1n) is 31.0. The molecule has 0 nitrogen and oxygen atoms in total. The largest absolute Gasteiger partial charge is 0.0619 e. The van der Waals surface area contributed by atoms with Crippen molar-refractivity contribution in [2.75, 3.05) is 0 Å². The molecule has 0 aromatic heterocycles. The van der Waals surface area contributed by atoms with Gasteiger partial charge in [0.2, 0.25) is 0 Å². The molecule has 408 valence electrons. The van der Waals surface area contributed by atoms with Gasteiger partial charge < -0.3 is 0 Å². The quantitative estimate of drug-likeness (QED) is 0.122. The van der Waals surface area contributed by atoms with Gasteiger partial charge >= 0.3 is 0 Å². The van der Waals surface area contributed by atoms with Crippen LogP contribution in [0.3, 0.4) is 0 Å². The van der Waals surface area contributed by atoms with Crippen molar-refractivity contribution in [3.05, 3.63) is 261 Å². The van der Waals surface area contributed by atoms with Gasteiger partial charge in [-0.25, -0.2) is 0 Å². The van der Waals surface area contributed by atoms with Gasteiger partial charge in [0.15, 0.2) is 0 Å². The Morgan fingerprint density at radius 3 is 1.09 bits per heavy atom. The molecule has 0 fully saturated rings. The van der Waals surface area contributed by atoms with Crippen molar-refractivity contribution in [1.82, 2.24) is 0 Å². The number of benzene rings is 15. The Kier molecular flexibility index (Phi) is 9.87. The van der Waals surface area contributed by atoms with E-state index >= 15 is 0 Å². The molecule has 18 rings (SSSR count). The highest BCUT2D eigenvalue weighted by molar-refractivity contribution is 6.48. The Bertz CT molecular complexity index is 5900. The SMILES string of the molecule is Cc1cc(C)cc(-c2c3cc4c5ccccc5c5cccc(c3c(-c3cc(C)cc(C)c3)c3c6ccc7c8ccc9c%10c(ccc(c%11ccc(c23)c6c%117)c%108)=c2c(-c3ccccc3C(C)(C)C)c3ccccc3c(-c3ccccc3C(C)(C)C)c2=9)c54)c1. The van der Waals surface area contributed by atoms with Crippen LogP contribution in [-0.2, 0) is 10.8 Å². The van der Waals surface area contributed by atoms with Crippen molar-refractivity contribution < 1.29 is 0 Å². The van der Waals surface area contributed by atoms with E-state index in [9.17, 15) is 0 Å². The highest BCUT2D eigenvalue weighted by Gasteiger charge is 2.31. The highest BCUT2D eigenvalue weighted by atomic mass is 14.3. The van der Waals surface area contributed by atoms with E-state index in [2.05, 4.69) is 275 Å². The molecule has 1 aliphatic carbocycles. The van der Waals surface area contributed by atoms with Crippen molar-refractivity contribution in [3.63, 3.8) is 0 Å². The zero-order chi connectivity index (χ0) is 58.1. The lowest BCUT2D eigenvalue weighted by Gasteiger charge is -2.26. The van der Waals surface area contributed by atoms with Gasteiger partial charge in [-0.3, -0.25) is 0 Å². The number of rotatable bonds is 4. The zero-order valence-corrected chi connectivity index (χ0v) is 50.6. The third-order valence-corrected chi connectivity index (χ3v) is 20.2. The second-order valence-electron chi connectivity index (χ2n) is 27.7. The molecule has 0 radical (unpaired) electrons. The van der Waals surface area contributed by atoms with Crippen LogP contribution in [0.5, 0.6) is 0 Å². The van der Waals surface area contributed by atoms with Crippen LogP contribution in [0, 0.1) is 48.6 Å². The van der Waals surface area contributed by atoms with Gasteiger partial charge in [-0.05, 0) is 240 Å². The maximum Gasteiger partial charge on any atom is -0.000718 e. The lowest BCUT2D eigenvalue weighted by Crippen LogP contribution is -2.13. The minimum Gasteiger partial charge on any atom is -0.0619 e. The van der Waals surface area contributed by atoms with Gasteiger partial charge in [0.25, 0.3) is 0 Å². The van der Waals surface area contributed by atoms with E-state index in [1.54, 1.807) is 0 Å². The zero-order valence-electron chi connectivity index (χ0n) is 50.6. The predicted octanol–water partition coefficient (Wildman–Crippen LogP) is 24.1. The fourth-order valence-corrected chi connectivity index (χ4v) is 17.2. The topological polar surface area (TPSA) is 0 Å². The van der Waals surface area contributed by atoms with E-state index in [-0.39, 0.29) is 10.8 Å². The lowest BCUT2D eigenvalue weighted by molar-refractivity contribution is 0.591. The van der Waals surface area contributed by atoms with Crippen molar-refractivity contribution in [3.8, 4) is 44.5 Å². The van der Waals surface area contributed by atoms with Crippen LogP contribution in [0.4, 0.5) is 0 Å². The Morgan fingerprint density at radius 1 is 0.221 bits per heavy atom. The lowest BCUT2D eigenvalue weighted by atomic mass is 9.77. The van der Waals surface area contributed by atoms with Gasteiger partial charge in [0, 0.05) is 0 Å². The number of fused-ring (bicyclic) bond motifs is 12. The van der Waals surface area contributed by atoms with Crippen molar-refractivity contribution >= 4 is 118 Å². The Balaban J connectivity index is 1.06. The molecule has 0 atom stereocenters. The molecule has 0 unspecified atom stereocenters. The average Bonchev–Trinajstić information content (AvgIpc) is 1.49. The summed E-state index contributed by atoms with van der Waals surface area (Å²) in [6, 6.07) is 81.1. The molecule has 0 saturated heterocycles. The van der Waals surface area contributed by atoms with Crippen LogP contribution in [0.2, 0.25) is 0 Å². The maximum atomic E-state index is 2.59. The molecule has 17 aromatic carbocycles. The molecule has 17 aromatic rings. The summed E-state index contributed by atoms with van der Waals surface area (Å²) in [4.78, 5) is 0. The molecule has 0 N–H and O–H groups in total. The highest BCUT2D eigenvalue weighted by Crippen LogP contribution is 2.57. The number of hydrogen-bond donors (Lipinski definition) is 0. The Morgan fingerprint density at radius 2 is 0.581 bits per heavy atom. The van der Waals surface area contributed by atoms with E-state index in [1.165, 1.54) is 217 Å².